The quantitative estimate of drug-likeness (QED) is 0.741. The fraction of sp³-hybridized carbons (Fsp3) is 0.440. The van der Waals surface area contributed by atoms with Crippen LogP contribution in [-0.4, -0.2) is 56.0 Å². The number of carbonyl (C=O) groups is 2. The molecule has 2 amide bonds. The Morgan fingerprint density at radius 3 is 2.39 bits per heavy atom. The topological polar surface area (TPSA) is 61.9 Å². The van der Waals surface area contributed by atoms with Gasteiger partial charge in [-0.1, -0.05) is 38.1 Å². The molecular weight excluding hydrogens is 390 g/mol. The van der Waals surface area contributed by atoms with Gasteiger partial charge in [-0.2, -0.15) is 0 Å². The van der Waals surface area contributed by atoms with Crippen LogP contribution in [0.25, 0.3) is 0 Å². The number of hydrogen-bond donors (Lipinski definition) is 1. The zero-order valence-electron chi connectivity index (χ0n) is 18.9. The first-order valence-electron chi connectivity index (χ1n) is 10.9. The number of ether oxygens (including phenoxy) is 1. The average Bonchev–Trinajstić information content (AvgIpc) is 2.78. The normalized spacial score (nSPS) is 15.0. The summed E-state index contributed by atoms with van der Waals surface area (Å²) in [5.74, 6) is 0.934. The lowest BCUT2D eigenvalue weighted by Crippen LogP contribution is -2.55. The van der Waals surface area contributed by atoms with E-state index in [4.69, 9.17) is 4.74 Å². The van der Waals surface area contributed by atoms with Gasteiger partial charge in [0.05, 0.1) is 7.11 Å². The molecule has 1 atom stereocenters. The van der Waals surface area contributed by atoms with Gasteiger partial charge in [-0.05, 0) is 43.0 Å². The molecule has 0 radical (unpaired) electrons. The Bertz CT molecular complexity index is 904. The van der Waals surface area contributed by atoms with Crippen molar-refractivity contribution < 1.29 is 14.3 Å². The van der Waals surface area contributed by atoms with E-state index >= 15 is 0 Å². The Labute approximate surface area is 185 Å². The first-order valence-corrected chi connectivity index (χ1v) is 10.9. The molecule has 1 fully saturated rings. The molecule has 0 bridgehead atoms. The van der Waals surface area contributed by atoms with Gasteiger partial charge in [0.15, 0.2) is 0 Å². The summed E-state index contributed by atoms with van der Waals surface area (Å²) >= 11 is 0. The minimum Gasteiger partial charge on any atom is -0.497 e. The van der Waals surface area contributed by atoms with E-state index in [1.165, 1.54) is 0 Å². The van der Waals surface area contributed by atoms with Crippen molar-refractivity contribution in [2.45, 2.75) is 33.2 Å². The SMILES string of the molecule is COc1cccc(N2CCN(C(=O)C(CC(C)C)NC(=O)c3ccccc3C)CC2)c1. The molecule has 1 heterocycles. The Balaban J connectivity index is 1.65. The maximum Gasteiger partial charge on any atom is 0.252 e. The minimum atomic E-state index is -0.518. The number of benzene rings is 2. The highest BCUT2D eigenvalue weighted by atomic mass is 16.5. The first kappa shape index (κ1) is 22.7. The maximum atomic E-state index is 13.3. The molecule has 1 saturated heterocycles. The summed E-state index contributed by atoms with van der Waals surface area (Å²) in [4.78, 5) is 30.3. The first-order chi connectivity index (χ1) is 14.9. The maximum absolute atomic E-state index is 13.3. The average molecular weight is 424 g/mol. The number of rotatable bonds is 7. The molecule has 0 saturated carbocycles. The Morgan fingerprint density at radius 2 is 1.74 bits per heavy atom. The summed E-state index contributed by atoms with van der Waals surface area (Å²) in [5.41, 5.74) is 2.62. The number of aryl methyl sites for hydroxylation is 1. The van der Waals surface area contributed by atoms with Gasteiger partial charge in [-0.15, -0.1) is 0 Å². The molecule has 0 spiro atoms. The molecule has 0 aliphatic carbocycles. The van der Waals surface area contributed by atoms with Crippen LogP contribution in [0, 0.1) is 12.8 Å². The molecule has 1 unspecified atom stereocenters. The van der Waals surface area contributed by atoms with Gasteiger partial charge in [-0.3, -0.25) is 9.59 Å². The molecule has 31 heavy (non-hydrogen) atoms. The van der Waals surface area contributed by atoms with Crippen molar-refractivity contribution in [2.75, 3.05) is 38.2 Å². The van der Waals surface area contributed by atoms with E-state index < -0.39 is 6.04 Å². The summed E-state index contributed by atoms with van der Waals surface area (Å²) in [6.45, 7) is 8.81. The van der Waals surface area contributed by atoms with Gasteiger partial charge in [0.2, 0.25) is 5.91 Å². The molecule has 1 aliphatic heterocycles. The lowest BCUT2D eigenvalue weighted by Gasteiger charge is -2.38. The van der Waals surface area contributed by atoms with Crippen molar-refractivity contribution in [1.29, 1.82) is 0 Å². The van der Waals surface area contributed by atoms with Gasteiger partial charge >= 0.3 is 0 Å². The third kappa shape index (κ3) is 5.78. The number of methoxy groups -OCH3 is 1. The zero-order valence-corrected chi connectivity index (χ0v) is 18.9. The predicted octanol–water partition coefficient (Wildman–Crippen LogP) is 3.50. The van der Waals surface area contributed by atoms with E-state index in [9.17, 15) is 9.59 Å². The molecule has 166 valence electrons. The number of piperazine rings is 1. The van der Waals surface area contributed by atoms with Crippen LogP contribution in [-0.2, 0) is 4.79 Å². The second-order valence-corrected chi connectivity index (χ2v) is 8.48. The van der Waals surface area contributed by atoms with Gasteiger partial charge in [0.1, 0.15) is 11.8 Å². The molecule has 6 nitrogen and oxygen atoms in total. The van der Waals surface area contributed by atoms with E-state index in [1.807, 2.05) is 48.2 Å². The van der Waals surface area contributed by atoms with E-state index in [-0.39, 0.29) is 11.8 Å². The minimum absolute atomic E-state index is 0.000858. The number of anilines is 1. The Kier molecular flexibility index (Phi) is 7.55. The lowest BCUT2D eigenvalue weighted by atomic mass is 10.0. The standard InChI is InChI=1S/C25H33N3O3/c1-18(2)16-23(26-24(29)22-11-6-5-8-19(22)3)25(30)28-14-12-27(13-15-28)20-9-7-10-21(17-20)31-4/h5-11,17-18,23H,12-16H2,1-4H3,(H,26,29). The van der Waals surface area contributed by atoms with Crippen LogP contribution in [0.1, 0.15) is 36.2 Å². The van der Waals surface area contributed by atoms with Crippen LogP contribution in [0.15, 0.2) is 48.5 Å². The van der Waals surface area contributed by atoms with Crippen LogP contribution in [0.2, 0.25) is 0 Å². The molecule has 6 heteroatoms. The fourth-order valence-corrected chi connectivity index (χ4v) is 3.97. The third-order valence-electron chi connectivity index (χ3n) is 5.71. The van der Waals surface area contributed by atoms with Crippen LogP contribution in [0.4, 0.5) is 5.69 Å². The molecule has 0 aromatic heterocycles. The highest BCUT2D eigenvalue weighted by Crippen LogP contribution is 2.22. The fourth-order valence-electron chi connectivity index (χ4n) is 3.97. The van der Waals surface area contributed by atoms with Crippen molar-refractivity contribution in [3.05, 3.63) is 59.7 Å². The highest BCUT2D eigenvalue weighted by Gasteiger charge is 2.29. The van der Waals surface area contributed by atoms with E-state index in [0.717, 1.165) is 30.1 Å². The van der Waals surface area contributed by atoms with E-state index in [2.05, 4.69) is 30.1 Å². The third-order valence-corrected chi connectivity index (χ3v) is 5.71. The number of nitrogens with zero attached hydrogens (tertiary/aromatic N) is 2. The molecule has 2 aromatic carbocycles. The number of nitrogens with one attached hydrogen (secondary N) is 1. The van der Waals surface area contributed by atoms with Gasteiger partial charge in [-0.25, -0.2) is 0 Å². The van der Waals surface area contributed by atoms with Crippen LogP contribution >= 0.6 is 0 Å². The Hall–Kier alpha value is -3.02. The largest absolute Gasteiger partial charge is 0.497 e. The van der Waals surface area contributed by atoms with E-state index in [0.29, 0.717) is 31.0 Å². The van der Waals surface area contributed by atoms with Crippen molar-refractivity contribution >= 4 is 17.5 Å². The molecule has 1 N–H and O–H groups in total. The van der Waals surface area contributed by atoms with Crippen molar-refractivity contribution in [3.8, 4) is 5.75 Å². The summed E-state index contributed by atoms with van der Waals surface area (Å²) in [6, 6.07) is 14.9. The number of carbonyl (C=O) groups excluding carboxylic acids is 2. The van der Waals surface area contributed by atoms with Crippen LogP contribution < -0.4 is 15.0 Å². The molecule has 3 rings (SSSR count). The second-order valence-electron chi connectivity index (χ2n) is 8.48. The predicted molar refractivity (Wildman–Crippen MR) is 124 cm³/mol. The zero-order chi connectivity index (χ0) is 22.4. The van der Waals surface area contributed by atoms with Crippen molar-refractivity contribution in [3.63, 3.8) is 0 Å². The Morgan fingerprint density at radius 1 is 1.03 bits per heavy atom. The smallest absolute Gasteiger partial charge is 0.252 e. The lowest BCUT2D eigenvalue weighted by molar-refractivity contribution is -0.134. The second kappa shape index (κ2) is 10.3. The van der Waals surface area contributed by atoms with Gasteiger partial charge in [0.25, 0.3) is 5.91 Å². The number of amides is 2. The molecule has 2 aromatic rings. The summed E-state index contributed by atoms with van der Waals surface area (Å²) in [6.07, 6.45) is 0.618. The summed E-state index contributed by atoms with van der Waals surface area (Å²) < 4.78 is 5.32. The summed E-state index contributed by atoms with van der Waals surface area (Å²) in [7, 11) is 1.66. The molecular formula is C25H33N3O3. The summed E-state index contributed by atoms with van der Waals surface area (Å²) in [5, 5.41) is 3.00. The van der Waals surface area contributed by atoms with Crippen molar-refractivity contribution in [2.24, 2.45) is 5.92 Å². The van der Waals surface area contributed by atoms with Gasteiger partial charge in [0, 0.05) is 43.5 Å². The monoisotopic (exact) mass is 423 g/mol. The van der Waals surface area contributed by atoms with E-state index in [1.54, 1.807) is 13.2 Å². The van der Waals surface area contributed by atoms with Crippen LogP contribution in [0.3, 0.4) is 0 Å². The highest BCUT2D eigenvalue weighted by molar-refractivity contribution is 5.98. The number of hydrogen-bond acceptors (Lipinski definition) is 4. The van der Waals surface area contributed by atoms with Crippen molar-refractivity contribution in [1.82, 2.24) is 10.2 Å². The van der Waals surface area contributed by atoms with Gasteiger partial charge < -0.3 is 19.9 Å². The molecule has 1 aliphatic rings. The van der Waals surface area contributed by atoms with Crippen LogP contribution in [0.5, 0.6) is 5.75 Å².